The molecule has 0 bridgehead atoms. The molecule has 5 nitrogen and oxygen atoms in total. The Morgan fingerprint density at radius 2 is 2.00 bits per heavy atom. The van der Waals surface area contributed by atoms with Crippen molar-refractivity contribution in [3.8, 4) is 5.75 Å². The third-order valence-corrected chi connectivity index (χ3v) is 5.25. The standard InChI is InChI=1S/C18H22N2O3/c21-16-14-8-3-4-9-15(14)23-18(19-16)10-5-11-20(12-18)17(22)13-6-1-2-7-13/h3-4,8-9,13H,1-2,5-7,10-12H2,(H,19,21). The Balaban J connectivity index is 1.55. The van der Waals surface area contributed by atoms with E-state index >= 15 is 0 Å². The van der Waals surface area contributed by atoms with Crippen LogP contribution >= 0.6 is 0 Å². The van der Waals surface area contributed by atoms with Crippen LogP contribution in [0.1, 0.15) is 48.9 Å². The maximum absolute atomic E-state index is 12.7. The van der Waals surface area contributed by atoms with Crippen LogP contribution in [0.5, 0.6) is 5.75 Å². The van der Waals surface area contributed by atoms with Gasteiger partial charge in [0.1, 0.15) is 5.75 Å². The number of hydrogen-bond acceptors (Lipinski definition) is 3. The van der Waals surface area contributed by atoms with Crippen molar-refractivity contribution in [2.24, 2.45) is 5.92 Å². The van der Waals surface area contributed by atoms with Gasteiger partial charge in [0.05, 0.1) is 12.1 Å². The number of ether oxygens (including phenoxy) is 1. The van der Waals surface area contributed by atoms with Gasteiger partial charge in [-0.1, -0.05) is 25.0 Å². The van der Waals surface area contributed by atoms with Crippen LogP contribution in [0.4, 0.5) is 0 Å². The maximum atomic E-state index is 12.7. The molecule has 0 aromatic heterocycles. The lowest BCUT2D eigenvalue weighted by Crippen LogP contribution is -2.65. The molecule has 1 aliphatic carbocycles. The Morgan fingerprint density at radius 1 is 1.22 bits per heavy atom. The number of para-hydroxylation sites is 1. The van der Waals surface area contributed by atoms with Crippen molar-refractivity contribution in [2.45, 2.75) is 44.2 Å². The first kappa shape index (κ1) is 14.5. The number of nitrogens with one attached hydrogen (secondary N) is 1. The van der Waals surface area contributed by atoms with Gasteiger partial charge in [-0.25, -0.2) is 0 Å². The summed E-state index contributed by atoms with van der Waals surface area (Å²) in [7, 11) is 0. The summed E-state index contributed by atoms with van der Waals surface area (Å²) >= 11 is 0. The van der Waals surface area contributed by atoms with E-state index in [9.17, 15) is 9.59 Å². The van der Waals surface area contributed by atoms with E-state index in [-0.39, 0.29) is 17.7 Å². The van der Waals surface area contributed by atoms with Gasteiger partial charge in [0.15, 0.2) is 0 Å². The zero-order valence-electron chi connectivity index (χ0n) is 13.2. The molecule has 122 valence electrons. The largest absolute Gasteiger partial charge is 0.465 e. The number of rotatable bonds is 1. The summed E-state index contributed by atoms with van der Waals surface area (Å²) in [6.45, 7) is 1.21. The summed E-state index contributed by atoms with van der Waals surface area (Å²) < 4.78 is 6.15. The maximum Gasteiger partial charge on any atom is 0.258 e. The Morgan fingerprint density at radius 3 is 2.83 bits per heavy atom. The smallest absolute Gasteiger partial charge is 0.258 e. The van der Waals surface area contributed by atoms with E-state index in [2.05, 4.69) is 5.32 Å². The second kappa shape index (κ2) is 5.55. The second-order valence-corrected chi connectivity index (χ2v) is 6.89. The molecule has 4 rings (SSSR count). The molecular formula is C18H22N2O3. The molecule has 2 fully saturated rings. The van der Waals surface area contributed by atoms with E-state index in [1.54, 1.807) is 6.07 Å². The van der Waals surface area contributed by atoms with Crippen LogP contribution < -0.4 is 10.1 Å². The average molecular weight is 314 g/mol. The van der Waals surface area contributed by atoms with Crippen molar-refractivity contribution in [1.29, 1.82) is 0 Å². The number of piperidine rings is 1. The molecule has 1 aromatic carbocycles. The number of benzene rings is 1. The molecule has 3 aliphatic rings. The lowest BCUT2D eigenvalue weighted by Gasteiger charge is -2.45. The van der Waals surface area contributed by atoms with Crippen LogP contribution in [0.3, 0.4) is 0 Å². The first-order valence-electron chi connectivity index (χ1n) is 8.56. The third kappa shape index (κ3) is 2.58. The highest BCUT2D eigenvalue weighted by molar-refractivity contribution is 5.98. The van der Waals surface area contributed by atoms with Gasteiger partial charge in [-0.2, -0.15) is 0 Å². The van der Waals surface area contributed by atoms with E-state index < -0.39 is 5.72 Å². The van der Waals surface area contributed by atoms with Crippen LogP contribution in [0, 0.1) is 5.92 Å². The minimum Gasteiger partial charge on any atom is -0.465 e. The topological polar surface area (TPSA) is 58.6 Å². The van der Waals surface area contributed by atoms with Gasteiger partial charge in [0, 0.05) is 18.9 Å². The van der Waals surface area contributed by atoms with Crippen LogP contribution in [0.2, 0.25) is 0 Å². The first-order valence-corrected chi connectivity index (χ1v) is 8.56. The van der Waals surface area contributed by atoms with E-state index in [1.165, 1.54) is 0 Å². The molecule has 2 aliphatic heterocycles. The second-order valence-electron chi connectivity index (χ2n) is 6.89. The number of carbonyl (C=O) groups excluding carboxylic acids is 2. The quantitative estimate of drug-likeness (QED) is 0.865. The number of carbonyl (C=O) groups is 2. The minimum atomic E-state index is -0.766. The number of hydrogen-bond donors (Lipinski definition) is 1. The highest BCUT2D eigenvalue weighted by Gasteiger charge is 2.45. The van der Waals surface area contributed by atoms with Crippen LogP contribution in [-0.2, 0) is 4.79 Å². The lowest BCUT2D eigenvalue weighted by atomic mass is 9.96. The SMILES string of the molecule is O=C1NC2(CCCN(C(=O)C3CCCC3)C2)Oc2ccccc21. The van der Waals surface area contributed by atoms with E-state index in [4.69, 9.17) is 4.74 Å². The summed E-state index contributed by atoms with van der Waals surface area (Å²) in [6.07, 6.45) is 5.88. The van der Waals surface area contributed by atoms with Gasteiger partial charge in [0.25, 0.3) is 5.91 Å². The van der Waals surface area contributed by atoms with Crippen LogP contribution in [0.25, 0.3) is 0 Å². The van der Waals surface area contributed by atoms with Crippen molar-refractivity contribution in [1.82, 2.24) is 10.2 Å². The minimum absolute atomic E-state index is 0.109. The molecule has 1 aromatic rings. The van der Waals surface area contributed by atoms with E-state index in [1.807, 2.05) is 23.1 Å². The zero-order valence-corrected chi connectivity index (χ0v) is 13.2. The van der Waals surface area contributed by atoms with Crippen molar-refractivity contribution in [3.05, 3.63) is 29.8 Å². The first-order chi connectivity index (χ1) is 11.2. The van der Waals surface area contributed by atoms with Gasteiger partial charge in [0.2, 0.25) is 11.6 Å². The summed E-state index contributed by atoms with van der Waals surface area (Å²) in [5.41, 5.74) is -0.199. The molecule has 0 radical (unpaired) electrons. The van der Waals surface area contributed by atoms with E-state index in [0.717, 1.165) is 45.1 Å². The van der Waals surface area contributed by atoms with Crippen LogP contribution in [-0.4, -0.2) is 35.5 Å². The van der Waals surface area contributed by atoms with E-state index in [0.29, 0.717) is 17.9 Å². The molecule has 2 heterocycles. The van der Waals surface area contributed by atoms with Crippen molar-refractivity contribution in [3.63, 3.8) is 0 Å². The van der Waals surface area contributed by atoms with Crippen LogP contribution in [0.15, 0.2) is 24.3 Å². The van der Waals surface area contributed by atoms with Crippen molar-refractivity contribution < 1.29 is 14.3 Å². The van der Waals surface area contributed by atoms with Gasteiger partial charge < -0.3 is 15.0 Å². The normalized spacial score (nSPS) is 27.5. The number of fused-ring (bicyclic) bond motifs is 1. The summed E-state index contributed by atoms with van der Waals surface area (Å²) in [5, 5.41) is 3.01. The van der Waals surface area contributed by atoms with Gasteiger partial charge >= 0.3 is 0 Å². The number of likely N-dealkylation sites (tertiary alicyclic amines) is 1. The number of amides is 2. The molecule has 5 heteroatoms. The van der Waals surface area contributed by atoms with Gasteiger partial charge in [-0.15, -0.1) is 0 Å². The molecule has 1 saturated carbocycles. The molecule has 1 N–H and O–H groups in total. The van der Waals surface area contributed by atoms with Crippen molar-refractivity contribution >= 4 is 11.8 Å². The Labute approximate surface area is 136 Å². The van der Waals surface area contributed by atoms with Gasteiger partial charge in [-0.3, -0.25) is 9.59 Å². The third-order valence-electron chi connectivity index (χ3n) is 5.25. The molecule has 1 saturated heterocycles. The van der Waals surface area contributed by atoms with Gasteiger partial charge in [-0.05, 0) is 31.4 Å². The molecule has 2 amide bonds. The molecule has 1 unspecified atom stereocenters. The fraction of sp³-hybridized carbons (Fsp3) is 0.556. The monoisotopic (exact) mass is 314 g/mol. The predicted octanol–water partition coefficient (Wildman–Crippen LogP) is 2.32. The highest BCUT2D eigenvalue weighted by Crippen LogP contribution is 2.34. The fourth-order valence-corrected chi connectivity index (χ4v) is 4.08. The molecular weight excluding hydrogens is 292 g/mol. The molecule has 23 heavy (non-hydrogen) atoms. The lowest BCUT2D eigenvalue weighted by molar-refractivity contribution is -0.142. The Kier molecular flexibility index (Phi) is 3.51. The molecule has 1 spiro atoms. The highest BCUT2D eigenvalue weighted by atomic mass is 16.5. The Hall–Kier alpha value is -2.04. The number of nitrogens with zero attached hydrogens (tertiary/aromatic N) is 1. The van der Waals surface area contributed by atoms with Crippen molar-refractivity contribution in [2.75, 3.05) is 13.1 Å². The molecule has 1 atom stereocenters. The fourth-order valence-electron chi connectivity index (χ4n) is 4.08. The summed E-state index contributed by atoms with van der Waals surface area (Å²) in [6, 6.07) is 7.29. The summed E-state index contributed by atoms with van der Waals surface area (Å²) in [4.78, 5) is 27.0. The average Bonchev–Trinajstić information content (AvgIpc) is 3.08. The Bertz CT molecular complexity index is 639. The summed E-state index contributed by atoms with van der Waals surface area (Å²) in [5.74, 6) is 0.906. The zero-order chi connectivity index (χ0) is 15.9. The predicted molar refractivity (Wildman–Crippen MR) is 85.0 cm³/mol.